The van der Waals surface area contributed by atoms with Crippen LogP contribution >= 0.6 is 0 Å². The van der Waals surface area contributed by atoms with E-state index in [1.807, 2.05) is 4.90 Å². The van der Waals surface area contributed by atoms with Crippen LogP contribution < -0.4 is 4.90 Å². The third-order valence-corrected chi connectivity index (χ3v) is 3.71. The van der Waals surface area contributed by atoms with E-state index in [9.17, 15) is 10.1 Å². The van der Waals surface area contributed by atoms with Crippen LogP contribution in [0.5, 0.6) is 0 Å². The van der Waals surface area contributed by atoms with Crippen LogP contribution in [0.15, 0.2) is 12.3 Å². The summed E-state index contributed by atoms with van der Waals surface area (Å²) >= 11 is 0. The summed E-state index contributed by atoms with van der Waals surface area (Å²) in [5.74, 6) is -0.211. The van der Waals surface area contributed by atoms with E-state index in [1.54, 1.807) is 19.2 Å². The highest BCUT2D eigenvalue weighted by atomic mass is 16.7. The maximum atomic E-state index is 11.2. The monoisotopic (exact) mass is 279 g/mol. The van der Waals surface area contributed by atoms with E-state index in [2.05, 4.69) is 4.98 Å². The normalized spacial score (nSPS) is 21.4. The van der Waals surface area contributed by atoms with E-state index >= 15 is 0 Å². The molecule has 0 saturated carbocycles. The van der Waals surface area contributed by atoms with Gasteiger partial charge in [-0.25, -0.2) is 4.98 Å². The average Bonchev–Trinajstić information content (AvgIpc) is 2.86. The summed E-state index contributed by atoms with van der Waals surface area (Å²) in [5.41, 5.74) is 0.820. The Labute approximate surface area is 116 Å². The van der Waals surface area contributed by atoms with Crippen molar-refractivity contribution in [3.8, 4) is 0 Å². The van der Waals surface area contributed by atoms with Crippen molar-refractivity contribution in [2.75, 3.05) is 31.2 Å². The van der Waals surface area contributed by atoms with E-state index in [0.29, 0.717) is 25.6 Å². The molecule has 1 aromatic rings. The molecular formula is C13H17N3O4. The summed E-state index contributed by atoms with van der Waals surface area (Å²) in [6.07, 6.45) is 3.34. The van der Waals surface area contributed by atoms with Gasteiger partial charge in [-0.3, -0.25) is 10.1 Å². The zero-order chi connectivity index (χ0) is 14.2. The lowest BCUT2D eigenvalue weighted by molar-refractivity contribution is -0.384. The maximum Gasteiger partial charge on any atom is 0.311 e. The number of pyridine rings is 1. The highest BCUT2D eigenvalue weighted by Gasteiger charge is 2.42. The van der Waals surface area contributed by atoms with Gasteiger partial charge in [-0.15, -0.1) is 0 Å². The fourth-order valence-corrected chi connectivity index (χ4v) is 2.83. The summed E-state index contributed by atoms with van der Waals surface area (Å²) in [6, 6.07) is 1.56. The summed E-state index contributed by atoms with van der Waals surface area (Å²) < 4.78 is 11.4. The van der Waals surface area contributed by atoms with Crippen LogP contribution in [-0.2, 0) is 9.47 Å². The van der Waals surface area contributed by atoms with Gasteiger partial charge >= 0.3 is 5.69 Å². The number of ether oxygens (including phenoxy) is 2. The van der Waals surface area contributed by atoms with Gasteiger partial charge in [-0.1, -0.05) is 0 Å². The highest BCUT2D eigenvalue weighted by Crippen LogP contribution is 2.35. The Morgan fingerprint density at radius 1 is 1.45 bits per heavy atom. The SMILES string of the molecule is Cc1cnc(N2CCCC3(C2)OCCO3)c([N+](=O)[O-])c1. The molecule has 0 amide bonds. The van der Waals surface area contributed by atoms with Gasteiger partial charge in [-0.05, 0) is 18.9 Å². The molecule has 7 heteroatoms. The molecule has 108 valence electrons. The average molecular weight is 279 g/mol. The Bertz CT molecular complexity index is 528. The number of hydrogen-bond donors (Lipinski definition) is 0. The number of aryl methyl sites for hydroxylation is 1. The number of hydrogen-bond acceptors (Lipinski definition) is 6. The van der Waals surface area contributed by atoms with Gasteiger partial charge in [0.1, 0.15) is 0 Å². The van der Waals surface area contributed by atoms with Crippen LogP contribution in [0.3, 0.4) is 0 Å². The second-order valence-corrected chi connectivity index (χ2v) is 5.25. The molecule has 0 radical (unpaired) electrons. The number of nitro groups is 1. The molecule has 2 saturated heterocycles. The topological polar surface area (TPSA) is 77.7 Å². The lowest BCUT2D eigenvalue weighted by atomic mass is 10.0. The second kappa shape index (κ2) is 4.99. The lowest BCUT2D eigenvalue weighted by Crippen LogP contribution is -2.49. The first-order valence-corrected chi connectivity index (χ1v) is 6.74. The van der Waals surface area contributed by atoms with E-state index in [-0.39, 0.29) is 10.6 Å². The number of aromatic nitrogens is 1. The first-order chi connectivity index (χ1) is 9.60. The molecule has 3 rings (SSSR count). The first kappa shape index (κ1) is 13.3. The van der Waals surface area contributed by atoms with E-state index in [4.69, 9.17) is 9.47 Å². The Hall–Kier alpha value is -1.73. The van der Waals surface area contributed by atoms with Crippen LogP contribution in [0.1, 0.15) is 18.4 Å². The molecule has 1 aromatic heterocycles. The van der Waals surface area contributed by atoms with Crippen molar-refractivity contribution < 1.29 is 14.4 Å². The molecule has 3 heterocycles. The van der Waals surface area contributed by atoms with Crippen LogP contribution in [0.4, 0.5) is 11.5 Å². The molecule has 0 N–H and O–H groups in total. The van der Waals surface area contributed by atoms with Crippen molar-refractivity contribution in [3.05, 3.63) is 27.9 Å². The van der Waals surface area contributed by atoms with Crippen molar-refractivity contribution in [1.29, 1.82) is 0 Å². The van der Waals surface area contributed by atoms with Crippen LogP contribution in [0, 0.1) is 17.0 Å². The molecule has 20 heavy (non-hydrogen) atoms. The van der Waals surface area contributed by atoms with E-state index < -0.39 is 5.79 Å². The number of anilines is 1. The molecular weight excluding hydrogens is 262 g/mol. The summed E-state index contributed by atoms with van der Waals surface area (Å²) in [4.78, 5) is 17.0. The molecule has 0 atom stereocenters. The van der Waals surface area contributed by atoms with Gasteiger partial charge in [0, 0.05) is 25.2 Å². The molecule has 0 aromatic carbocycles. The molecule has 2 fully saturated rings. The number of nitrogens with zero attached hydrogens (tertiary/aromatic N) is 3. The molecule has 0 aliphatic carbocycles. The van der Waals surface area contributed by atoms with Crippen LogP contribution in [0.2, 0.25) is 0 Å². The Morgan fingerprint density at radius 3 is 2.90 bits per heavy atom. The smallest absolute Gasteiger partial charge is 0.311 e. The van der Waals surface area contributed by atoms with E-state index in [1.165, 1.54) is 0 Å². The second-order valence-electron chi connectivity index (χ2n) is 5.25. The molecule has 2 aliphatic heterocycles. The predicted octanol–water partition coefficient (Wildman–Crippen LogP) is 1.64. The Balaban J connectivity index is 1.90. The third kappa shape index (κ3) is 2.34. The Morgan fingerprint density at radius 2 is 2.20 bits per heavy atom. The zero-order valence-corrected chi connectivity index (χ0v) is 11.4. The molecule has 1 spiro atoms. The van der Waals surface area contributed by atoms with Gasteiger partial charge in [0.15, 0.2) is 5.79 Å². The van der Waals surface area contributed by atoms with Crippen molar-refractivity contribution in [2.45, 2.75) is 25.6 Å². The fraction of sp³-hybridized carbons (Fsp3) is 0.615. The third-order valence-electron chi connectivity index (χ3n) is 3.71. The highest BCUT2D eigenvalue weighted by molar-refractivity contribution is 5.59. The minimum Gasteiger partial charge on any atom is -0.346 e. The largest absolute Gasteiger partial charge is 0.346 e. The van der Waals surface area contributed by atoms with Gasteiger partial charge in [0.25, 0.3) is 0 Å². The van der Waals surface area contributed by atoms with Crippen LogP contribution in [-0.4, -0.2) is 42.0 Å². The quantitative estimate of drug-likeness (QED) is 0.605. The van der Waals surface area contributed by atoms with Crippen molar-refractivity contribution in [2.24, 2.45) is 0 Å². The predicted molar refractivity (Wildman–Crippen MR) is 71.7 cm³/mol. The fourth-order valence-electron chi connectivity index (χ4n) is 2.83. The molecule has 7 nitrogen and oxygen atoms in total. The van der Waals surface area contributed by atoms with Gasteiger partial charge in [-0.2, -0.15) is 0 Å². The van der Waals surface area contributed by atoms with Crippen LogP contribution in [0.25, 0.3) is 0 Å². The van der Waals surface area contributed by atoms with Crippen molar-refractivity contribution >= 4 is 11.5 Å². The minimum atomic E-state index is -0.612. The van der Waals surface area contributed by atoms with Gasteiger partial charge < -0.3 is 14.4 Å². The van der Waals surface area contributed by atoms with Crippen molar-refractivity contribution in [1.82, 2.24) is 4.98 Å². The maximum absolute atomic E-state index is 11.2. The molecule has 2 aliphatic rings. The summed E-state index contributed by atoms with van der Waals surface area (Å²) in [5, 5.41) is 11.2. The lowest BCUT2D eigenvalue weighted by Gasteiger charge is -2.38. The summed E-state index contributed by atoms with van der Waals surface area (Å²) in [6.45, 7) is 4.18. The number of rotatable bonds is 2. The number of piperidine rings is 1. The van der Waals surface area contributed by atoms with Crippen molar-refractivity contribution in [3.63, 3.8) is 0 Å². The van der Waals surface area contributed by atoms with Gasteiger partial charge in [0.2, 0.25) is 5.82 Å². The molecule has 0 unspecified atom stereocenters. The molecule has 0 bridgehead atoms. The summed E-state index contributed by atoms with van der Waals surface area (Å²) in [7, 11) is 0. The Kier molecular flexibility index (Phi) is 3.31. The minimum absolute atomic E-state index is 0.0417. The van der Waals surface area contributed by atoms with E-state index in [0.717, 1.165) is 24.9 Å². The first-order valence-electron chi connectivity index (χ1n) is 6.74. The van der Waals surface area contributed by atoms with Gasteiger partial charge in [0.05, 0.1) is 24.7 Å². The standard InChI is InChI=1S/C13H17N3O4/c1-10-7-11(16(17)18)12(14-8-10)15-4-2-3-13(9-15)19-5-6-20-13/h7-8H,2-6,9H2,1H3. The zero-order valence-electron chi connectivity index (χ0n) is 11.4.